The zero-order valence-corrected chi connectivity index (χ0v) is 13.2. The number of rotatable bonds is 6. The van der Waals surface area contributed by atoms with E-state index in [9.17, 15) is 4.79 Å². The Morgan fingerprint density at radius 2 is 1.76 bits per heavy atom. The summed E-state index contributed by atoms with van der Waals surface area (Å²) >= 11 is 0. The minimum Gasteiger partial charge on any atom is -0.305 e. The minimum absolute atomic E-state index is 0.564. The van der Waals surface area contributed by atoms with E-state index in [1.165, 1.54) is 38.5 Å². The number of hydrogen-bond donors (Lipinski definition) is 0. The molecule has 2 heteroatoms. The monoisotopic (exact) mass is 254 g/mol. The Bertz CT molecular complexity index is 242. The lowest BCUT2D eigenvalue weighted by molar-refractivity contribution is -0.112. The molecule has 100 valence electrons. The number of carbonyl (C=O) groups is 1. The minimum atomic E-state index is -1.50. The van der Waals surface area contributed by atoms with Gasteiger partial charge < -0.3 is 4.79 Å². The van der Waals surface area contributed by atoms with E-state index in [1.807, 2.05) is 0 Å². The SMILES string of the molecule is CC1CCCCC1CCCCC(=O)[Si](C)(C)C. The molecule has 0 amide bonds. The van der Waals surface area contributed by atoms with Gasteiger partial charge in [-0.3, -0.25) is 0 Å². The molecule has 17 heavy (non-hydrogen) atoms. The van der Waals surface area contributed by atoms with Crippen molar-refractivity contribution in [3.8, 4) is 0 Å². The van der Waals surface area contributed by atoms with Gasteiger partial charge >= 0.3 is 0 Å². The Balaban J connectivity index is 2.13. The zero-order chi connectivity index (χ0) is 12.9. The molecule has 0 spiro atoms. The normalized spacial score (nSPS) is 25.9. The third-order valence-electron chi connectivity index (χ3n) is 4.35. The van der Waals surface area contributed by atoms with Crippen LogP contribution in [0.5, 0.6) is 0 Å². The first-order chi connectivity index (χ1) is 7.91. The average molecular weight is 254 g/mol. The maximum atomic E-state index is 11.8. The van der Waals surface area contributed by atoms with Crippen LogP contribution in [0.1, 0.15) is 58.3 Å². The summed E-state index contributed by atoms with van der Waals surface area (Å²) in [6.07, 6.45) is 10.3. The second-order valence-electron chi connectivity index (χ2n) is 6.94. The first kappa shape index (κ1) is 14.9. The average Bonchev–Trinajstić information content (AvgIpc) is 2.25. The Morgan fingerprint density at radius 3 is 2.35 bits per heavy atom. The molecule has 1 fully saturated rings. The molecule has 0 aromatic heterocycles. The molecule has 1 aliphatic carbocycles. The largest absolute Gasteiger partial charge is 0.305 e. The topological polar surface area (TPSA) is 17.1 Å². The first-order valence-corrected chi connectivity index (χ1v) is 10.9. The van der Waals surface area contributed by atoms with E-state index in [0.717, 1.165) is 24.7 Å². The first-order valence-electron chi connectivity index (χ1n) is 7.44. The molecule has 0 N–H and O–H groups in total. The highest BCUT2D eigenvalue weighted by Gasteiger charge is 2.24. The second kappa shape index (κ2) is 6.72. The lowest BCUT2D eigenvalue weighted by atomic mass is 9.78. The lowest BCUT2D eigenvalue weighted by Gasteiger charge is -2.28. The van der Waals surface area contributed by atoms with Gasteiger partial charge in [0, 0.05) is 6.42 Å². The van der Waals surface area contributed by atoms with E-state index in [-0.39, 0.29) is 0 Å². The summed E-state index contributed by atoms with van der Waals surface area (Å²) in [5.41, 5.74) is 0. The van der Waals surface area contributed by atoms with Gasteiger partial charge in [0.1, 0.15) is 13.5 Å². The van der Waals surface area contributed by atoms with Crippen LogP contribution in [0.15, 0.2) is 0 Å². The van der Waals surface area contributed by atoms with Crippen LogP contribution < -0.4 is 0 Å². The standard InChI is InChI=1S/C15H30OSi/c1-13-9-5-6-10-14(13)11-7-8-12-15(16)17(2,3)4/h13-14H,5-12H2,1-4H3. The van der Waals surface area contributed by atoms with Crippen molar-refractivity contribution in [2.24, 2.45) is 11.8 Å². The van der Waals surface area contributed by atoms with Crippen LogP contribution in [-0.4, -0.2) is 13.5 Å². The Morgan fingerprint density at radius 1 is 1.12 bits per heavy atom. The van der Waals surface area contributed by atoms with Crippen molar-refractivity contribution in [1.82, 2.24) is 0 Å². The summed E-state index contributed by atoms with van der Waals surface area (Å²) in [5.74, 6) is 1.88. The predicted octanol–water partition coefficient (Wildman–Crippen LogP) is 4.82. The fourth-order valence-corrected chi connectivity index (χ4v) is 3.82. The van der Waals surface area contributed by atoms with Gasteiger partial charge in [0.15, 0.2) is 0 Å². The van der Waals surface area contributed by atoms with Crippen LogP contribution in [0, 0.1) is 11.8 Å². The molecule has 1 aliphatic rings. The van der Waals surface area contributed by atoms with Gasteiger partial charge in [-0.1, -0.05) is 65.1 Å². The molecule has 0 aromatic rings. The molecule has 0 radical (unpaired) electrons. The zero-order valence-electron chi connectivity index (χ0n) is 12.2. The van der Waals surface area contributed by atoms with Gasteiger partial charge in [-0.2, -0.15) is 0 Å². The van der Waals surface area contributed by atoms with Crippen molar-refractivity contribution in [3.63, 3.8) is 0 Å². The molecule has 1 rings (SSSR count). The van der Waals surface area contributed by atoms with Crippen molar-refractivity contribution in [2.75, 3.05) is 0 Å². The Hall–Kier alpha value is -0.113. The van der Waals surface area contributed by atoms with Crippen molar-refractivity contribution >= 4 is 13.5 Å². The smallest absolute Gasteiger partial charge is 0.123 e. The number of unbranched alkanes of at least 4 members (excludes halogenated alkanes) is 1. The highest BCUT2D eigenvalue weighted by atomic mass is 28.3. The summed E-state index contributed by atoms with van der Waals surface area (Å²) < 4.78 is 0. The van der Waals surface area contributed by atoms with Crippen LogP contribution in [0.25, 0.3) is 0 Å². The maximum Gasteiger partial charge on any atom is 0.123 e. The van der Waals surface area contributed by atoms with Gasteiger partial charge in [0.2, 0.25) is 0 Å². The summed E-state index contributed by atoms with van der Waals surface area (Å²) in [6.45, 7) is 8.91. The lowest BCUT2D eigenvalue weighted by Crippen LogP contribution is -2.33. The van der Waals surface area contributed by atoms with E-state index in [4.69, 9.17) is 0 Å². The van der Waals surface area contributed by atoms with Crippen molar-refractivity contribution < 1.29 is 4.79 Å². The highest BCUT2D eigenvalue weighted by Crippen LogP contribution is 2.33. The summed E-state index contributed by atoms with van der Waals surface area (Å²) in [4.78, 5) is 11.8. The molecule has 0 heterocycles. The van der Waals surface area contributed by atoms with E-state index in [0.29, 0.717) is 5.41 Å². The van der Waals surface area contributed by atoms with E-state index >= 15 is 0 Å². The molecule has 0 bridgehead atoms. The quantitative estimate of drug-likeness (QED) is 0.490. The van der Waals surface area contributed by atoms with Crippen LogP contribution in [0.3, 0.4) is 0 Å². The van der Waals surface area contributed by atoms with Gasteiger partial charge in [-0.25, -0.2) is 0 Å². The second-order valence-corrected chi connectivity index (χ2v) is 12.0. The molecule has 2 unspecified atom stereocenters. The molecule has 2 atom stereocenters. The molecule has 0 aromatic carbocycles. The van der Waals surface area contributed by atoms with Gasteiger partial charge in [0.25, 0.3) is 0 Å². The molecular formula is C15H30OSi. The number of hydrogen-bond acceptors (Lipinski definition) is 1. The van der Waals surface area contributed by atoms with Gasteiger partial charge in [0.05, 0.1) is 0 Å². The van der Waals surface area contributed by atoms with Crippen LogP contribution in [-0.2, 0) is 4.79 Å². The maximum absolute atomic E-state index is 11.8. The number of carbonyl (C=O) groups excluding carboxylic acids is 1. The summed E-state index contributed by atoms with van der Waals surface area (Å²) in [6, 6.07) is 0. The third kappa shape index (κ3) is 5.37. The summed E-state index contributed by atoms with van der Waals surface area (Å²) in [5, 5.41) is 0.564. The van der Waals surface area contributed by atoms with E-state index < -0.39 is 8.07 Å². The fraction of sp³-hybridized carbons (Fsp3) is 0.933. The Kier molecular flexibility index (Phi) is 5.91. The van der Waals surface area contributed by atoms with Crippen molar-refractivity contribution in [2.45, 2.75) is 77.9 Å². The van der Waals surface area contributed by atoms with Gasteiger partial charge in [-0.15, -0.1) is 0 Å². The molecule has 0 saturated heterocycles. The van der Waals surface area contributed by atoms with Gasteiger partial charge in [-0.05, 0) is 18.3 Å². The van der Waals surface area contributed by atoms with Crippen molar-refractivity contribution in [3.05, 3.63) is 0 Å². The molecular weight excluding hydrogens is 224 g/mol. The van der Waals surface area contributed by atoms with E-state index in [2.05, 4.69) is 26.6 Å². The van der Waals surface area contributed by atoms with Crippen LogP contribution in [0.4, 0.5) is 0 Å². The highest BCUT2D eigenvalue weighted by molar-refractivity contribution is 7.03. The molecule has 1 saturated carbocycles. The summed E-state index contributed by atoms with van der Waals surface area (Å²) in [7, 11) is -1.50. The predicted molar refractivity (Wildman–Crippen MR) is 77.9 cm³/mol. The molecule has 1 nitrogen and oxygen atoms in total. The van der Waals surface area contributed by atoms with Crippen LogP contribution >= 0.6 is 0 Å². The van der Waals surface area contributed by atoms with Crippen LogP contribution in [0.2, 0.25) is 19.6 Å². The fourth-order valence-electron chi connectivity index (χ4n) is 2.89. The molecule has 0 aliphatic heterocycles. The van der Waals surface area contributed by atoms with Crippen molar-refractivity contribution in [1.29, 1.82) is 0 Å². The Labute approximate surface area is 108 Å². The van der Waals surface area contributed by atoms with E-state index in [1.54, 1.807) is 0 Å². The third-order valence-corrected chi connectivity index (χ3v) is 6.28.